The van der Waals surface area contributed by atoms with Crippen LogP contribution in [0, 0.1) is 10.1 Å². The minimum absolute atomic E-state index is 0.0849. The van der Waals surface area contributed by atoms with Crippen molar-refractivity contribution in [3.8, 4) is 11.1 Å². The van der Waals surface area contributed by atoms with Crippen molar-refractivity contribution in [1.29, 1.82) is 0 Å². The maximum Gasteiger partial charge on any atom is 0.294 e. The third kappa shape index (κ3) is 3.83. The molecule has 32 heavy (non-hydrogen) atoms. The fraction of sp³-hybridized carbons (Fsp3) is 0.0800. The summed E-state index contributed by atoms with van der Waals surface area (Å²) in [6, 6.07) is 21.8. The van der Waals surface area contributed by atoms with E-state index in [1.165, 1.54) is 0 Å². The summed E-state index contributed by atoms with van der Waals surface area (Å²) in [6.45, 7) is 0. The van der Waals surface area contributed by atoms with E-state index < -0.39 is 0 Å². The van der Waals surface area contributed by atoms with Crippen LogP contribution in [0.25, 0.3) is 21.9 Å². The second-order valence-corrected chi connectivity index (χ2v) is 8.56. The van der Waals surface area contributed by atoms with Crippen LogP contribution in [-0.2, 0) is 6.42 Å². The molecule has 158 valence electrons. The van der Waals surface area contributed by atoms with E-state index in [2.05, 4.69) is 38.0 Å². The molecule has 0 spiro atoms. The zero-order chi connectivity index (χ0) is 22.1. The fourth-order valence-electron chi connectivity index (χ4n) is 4.13. The molecule has 3 aromatic carbocycles. The fourth-order valence-corrected chi connectivity index (χ4v) is 4.39. The molecule has 1 atom stereocenters. The summed E-state index contributed by atoms with van der Waals surface area (Å²) in [6.07, 6.45) is 7.57. The number of nitrogens with one attached hydrogen (secondary N) is 1. The molecule has 0 aliphatic carbocycles. The predicted octanol–water partition coefficient (Wildman–Crippen LogP) is 6.53. The van der Waals surface area contributed by atoms with Crippen LogP contribution >= 0.6 is 15.9 Å². The van der Waals surface area contributed by atoms with Gasteiger partial charge in [0.2, 0.25) is 0 Å². The van der Waals surface area contributed by atoms with Crippen molar-refractivity contribution in [3.05, 3.63) is 117 Å². The average molecular weight is 487 g/mol. The van der Waals surface area contributed by atoms with E-state index in [4.69, 9.17) is 0 Å². The standard InChI is InChI=1S/C25H19BrN4O2/c26-19-10-8-17(9-11-19)12-24(23-13-27-16-28-23)29-14-22(25(15-29)30(31)32)21-7-3-5-18-4-1-2-6-20(18)21/h1-11,13-16,24H,12H2,(H,27,28). The number of hydrogen-bond acceptors (Lipinski definition) is 3. The Labute approximate surface area is 192 Å². The Balaban J connectivity index is 1.65. The maximum absolute atomic E-state index is 12.0. The summed E-state index contributed by atoms with van der Waals surface area (Å²) in [5.41, 5.74) is 3.55. The van der Waals surface area contributed by atoms with Crippen molar-refractivity contribution >= 4 is 32.4 Å². The predicted molar refractivity (Wildman–Crippen MR) is 129 cm³/mol. The first-order valence-corrected chi connectivity index (χ1v) is 11.0. The number of nitrogens with zero attached hydrogens (tertiary/aromatic N) is 3. The largest absolute Gasteiger partial charge is 0.347 e. The quantitative estimate of drug-likeness (QED) is 0.218. The van der Waals surface area contributed by atoms with Crippen LogP contribution in [0.3, 0.4) is 0 Å². The molecular weight excluding hydrogens is 468 g/mol. The number of benzene rings is 3. The highest BCUT2D eigenvalue weighted by Crippen LogP contribution is 2.37. The van der Waals surface area contributed by atoms with Gasteiger partial charge >= 0.3 is 0 Å². The highest BCUT2D eigenvalue weighted by Gasteiger charge is 2.25. The second kappa shape index (κ2) is 8.43. The molecule has 0 aliphatic heterocycles. The van der Waals surface area contributed by atoms with Crippen molar-refractivity contribution in [2.45, 2.75) is 12.5 Å². The van der Waals surface area contributed by atoms with E-state index in [0.29, 0.717) is 12.0 Å². The molecular formula is C25H19BrN4O2. The van der Waals surface area contributed by atoms with Crippen LogP contribution in [0.1, 0.15) is 17.3 Å². The van der Waals surface area contributed by atoms with Gasteiger partial charge in [-0.1, -0.05) is 70.5 Å². The lowest BCUT2D eigenvalue weighted by atomic mass is 9.99. The number of halogens is 1. The normalized spacial score (nSPS) is 12.2. The number of nitro groups is 1. The van der Waals surface area contributed by atoms with Gasteiger partial charge in [0, 0.05) is 10.7 Å². The second-order valence-electron chi connectivity index (χ2n) is 7.64. The molecule has 1 N–H and O–H groups in total. The molecule has 5 aromatic rings. The first-order chi connectivity index (χ1) is 15.6. The van der Waals surface area contributed by atoms with Gasteiger partial charge in [-0.15, -0.1) is 0 Å². The Kier molecular flexibility index (Phi) is 5.33. The van der Waals surface area contributed by atoms with Crippen LogP contribution in [0.4, 0.5) is 5.69 Å². The van der Waals surface area contributed by atoms with Gasteiger partial charge in [0.1, 0.15) is 0 Å². The number of imidazole rings is 1. The zero-order valence-electron chi connectivity index (χ0n) is 17.0. The van der Waals surface area contributed by atoms with Gasteiger partial charge in [0.15, 0.2) is 0 Å². The van der Waals surface area contributed by atoms with Crippen LogP contribution in [-0.4, -0.2) is 19.5 Å². The number of aromatic nitrogens is 3. The SMILES string of the molecule is O=[N+]([O-])c1cn(C(Cc2ccc(Br)cc2)c2cnc[nH]2)cc1-c1cccc2ccccc12. The number of hydrogen-bond donors (Lipinski definition) is 1. The summed E-state index contributed by atoms with van der Waals surface area (Å²) in [5, 5.41) is 14.1. The smallest absolute Gasteiger partial charge is 0.294 e. The van der Waals surface area contributed by atoms with Gasteiger partial charge in [0.25, 0.3) is 5.69 Å². The topological polar surface area (TPSA) is 76.8 Å². The Morgan fingerprint density at radius 1 is 1.00 bits per heavy atom. The van der Waals surface area contributed by atoms with Crippen molar-refractivity contribution in [1.82, 2.24) is 14.5 Å². The summed E-state index contributed by atoms with van der Waals surface area (Å²) in [7, 11) is 0. The van der Waals surface area contributed by atoms with E-state index >= 15 is 0 Å². The van der Waals surface area contributed by atoms with Gasteiger partial charge in [-0.05, 0) is 40.5 Å². The maximum atomic E-state index is 12.0. The van der Waals surface area contributed by atoms with Gasteiger partial charge in [-0.3, -0.25) is 10.1 Å². The van der Waals surface area contributed by atoms with Gasteiger partial charge in [-0.25, -0.2) is 4.98 Å². The average Bonchev–Trinajstić information content (AvgIpc) is 3.49. The van der Waals surface area contributed by atoms with E-state index in [0.717, 1.165) is 32.1 Å². The molecule has 0 saturated carbocycles. The van der Waals surface area contributed by atoms with Crippen LogP contribution in [0.5, 0.6) is 0 Å². The summed E-state index contributed by atoms with van der Waals surface area (Å²) in [5.74, 6) is 0. The van der Waals surface area contributed by atoms with Crippen LogP contribution in [0.2, 0.25) is 0 Å². The van der Waals surface area contributed by atoms with E-state index in [-0.39, 0.29) is 16.7 Å². The minimum Gasteiger partial charge on any atom is -0.347 e. The molecule has 2 heterocycles. The lowest BCUT2D eigenvalue weighted by Gasteiger charge is -2.17. The number of rotatable bonds is 6. The molecule has 7 heteroatoms. The first-order valence-electron chi connectivity index (χ1n) is 10.2. The molecule has 2 aromatic heterocycles. The molecule has 0 radical (unpaired) electrons. The monoisotopic (exact) mass is 486 g/mol. The van der Waals surface area contributed by atoms with Crippen molar-refractivity contribution in [3.63, 3.8) is 0 Å². The van der Waals surface area contributed by atoms with Gasteiger partial charge in [-0.2, -0.15) is 0 Å². The van der Waals surface area contributed by atoms with Crippen molar-refractivity contribution in [2.24, 2.45) is 0 Å². The highest BCUT2D eigenvalue weighted by molar-refractivity contribution is 9.10. The Morgan fingerprint density at radius 2 is 1.78 bits per heavy atom. The van der Waals surface area contributed by atoms with E-state index in [9.17, 15) is 10.1 Å². The molecule has 0 aliphatic rings. The van der Waals surface area contributed by atoms with Gasteiger partial charge < -0.3 is 9.55 Å². The van der Waals surface area contributed by atoms with Crippen molar-refractivity contribution < 1.29 is 4.92 Å². The minimum atomic E-state index is -0.308. The summed E-state index contributed by atoms with van der Waals surface area (Å²) in [4.78, 5) is 19.1. The molecule has 0 amide bonds. The van der Waals surface area contributed by atoms with Crippen molar-refractivity contribution in [2.75, 3.05) is 0 Å². The Bertz CT molecular complexity index is 1390. The molecule has 0 bridgehead atoms. The summed E-state index contributed by atoms with van der Waals surface area (Å²) < 4.78 is 2.93. The lowest BCUT2D eigenvalue weighted by Crippen LogP contribution is -2.12. The zero-order valence-corrected chi connectivity index (χ0v) is 18.6. The van der Waals surface area contributed by atoms with E-state index in [1.807, 2.05) is 65.4 Å². The highest BCUT2D eigenvalue weighted by atomic mass is 79.9. The molecule has 0 fully saturated rings. The number of fused-ring (bicyclic) bond motifs is 1. The lowest BCUT2D eigenvalue weighted by molar-refractivity contribution is -0.384. The molecule has 1 unspecified atom stereocenters. The Hall–Kier alpha value is -3.71. The summed E-state index contributed by atoms with van der Waals surface area (Å²) >= 11 is 3.47. The Morgan fingerprint density at radius 3 is 2.53 bits per heavy atom. The molecule has 6 nitrogen and oxygen atoms in total. The third-order valence-electron chi connectivity index (χ3n) is 5.68. The number of aromatic amines is 1. The first kappa shape index (κ1) is 20.2. The van der Waals surface area contributed by atoms with Crippen LogP contribution < -0.4 is 0 Å². The van der Waals surface area contributed by atoms with E-state index in [1.54, 1.807) is 18.7 Å². The van der Waals surface area contributed by atoms with Crippen LogP contribution in [0.15, 0.2) is 96.1 Å². The van der Waals surface area contributed by atoms with Gasteiger partial charge in [0.05, 0.1) is 40.9 Å². The number of H-pyrrole nitrogens is 1. The molecule has 5 rings (SSSR count). The molecule has 0 saturated heterocycles. The third-order valence-corrected chi connectivity index (χ3v) is 6.21.